The summed E-state index contributed by atoms with van der Waals surface area (Å²) >= 11 is 0. The maximum Gasteiger partial charge on any atom is 0.516 e. The number of aromatic nitrogens is 4. The lowest BCUT2D eigenvalue weighted by Crippen LogP contribution is -2.22. The van der Waals surface area contributed by atoms with Crippen LogP contribution in [0.2, 0.25) is 0 Å². The minimum absolute atomic E-state index is 0.0137. The van der Waals surface area contributed by atoms with Gasteiger partial charge in [0.1, 0.15) is 0 Å². The van der Waals surface area contributed by atoms with Crippen molar-refractivity contribution in [1.82, 2.24) is 23.9 Å². The van der Waals surface area contributed by atoms with Gasteiger partial charge in [-0.05, 0) is 25.1 Å². The average Bonchev–Trinajstić information content (AvgIpc) is 2.99. The second-order valence-corrected chi connectivity index (χ2v) is 7.49. The largest absolute Gasteiger partial charge is 0.516 e. The standard InChI is InChI=1S/C14H15N5O6S/c1-4-24-14(21)25-12-16-11-9-7-8(26(22,23)18(2)3)5-6-10(9)15-13(20)19(11)17-12/h5-7H,4H2,1-3H3,(H,15,20). The molecule has 12 heteroatoms. The fourth-order valence-electron chi connectivity index (χ4n) is 2.23. The van der Waals surface area contributed by atoms with Crippen LogP contribution >= 0.6 is 0 Å². The van der Waals surface area contributed by atoms with Crippen LogP contribution in [0.4, 0.5) is 4.79 Å². The summed E-state index contributed by atoms with van der Waals surface area (Å²) in [5.74, 6) is 0. The average molecular weight is 381 g/mol. The summed E-state index contributed by atoms with van der Waals surface area (Å²) in [6.45, 7) is 1.70. The first-order valence-electron chi connectivity index (χ1n) is 7.44. The molecule has 0 aliphatic carbocycles. The minimum atomic E-state index is -3.69. The summed E-state index contributed by atoms with van der Waals surface area (Å²) in [6.07, 6.45) is -1.01. The summed E-state index contributed by atoms with van der Waals surface area (Å²) in [5, 5.41) is 4.11. The zero-order valence-corrected chi connectivity index (χ0v) is 14.9. The SMILES string of the molecule is CCOC(=O)Oc1nc2c3cc(S(=O)(=O)N(C)C)ccc3[nH]c(=O)n2n1. The summed E-state index contributed by atoms with van der Waals surface area (Å²) < 4.78 is 36.0. The molecular weight excluding hydrogens is 366 g/mol. The van der Waals surface area contributed by atoms with E-state index in [0.29, 0.717) is 10.9 Å². The van der Waals surface area contributed by atoms with Gasteiger partial charge in [0.05, 0.1) is 17.0 Å². The predicted octanol–water partition coefficient (Wildman–Crippen LogP) is 0.356. The lowest BCUT2D eigenvalue weighted by Gasteiger charge is -2.11. The number of carbonyl (C=O) groups is 1. The van der Waals surface area contributed by atoms with E-state index >= 15 is 0 Å². The first kappa shape index (κ1) is 17.8. The highest BCUT2D eigenvalue weighted by Crippen LogP contribution is 2.22. The van der Waals surface area contributed by atoms with Crippen molar-refractivity contribution >= 4 is 32.7 Å². The number of nitrogens with one attached hydrogen (secondary N) is 1. The molecule has 0 bridgehead atoms. The molecule has 2 aromatic heterocycles. The summed E-state index contributed by atoms with van der Waals surface area (Å²) in [5.41, 5.74) is -0.226. The minimum Gasteiger partial charge on any atom is -0.434 e. The third-order valence-electron chi connectivity index (χ3n) is 3.47. The van der Waals surface area contributed by atoms with Gasteiger partial charge >= 0.3 is 17.9 Å². The number of rotatable bonds is 4. The Morgan fingerprint density at radius 3 is 2.73 bits per heavy atom. The molecule has 2 heterocycles. The number of sulfonamides is 1. The normalized spacial score (nSPS) is 12.0. The van der Waals surface area contributed by atoms with Crippen LogP contribution in [0, 0.1) is 0 Å². The Hall–Kier alpha value is -2.99. The fraction of sp³-hybridized carbons (Fsp3) is 0.286. The number of carbonyl (C=O) groups excluding carboxylic acids is 1. The van der Waals surface area contributed by atoms with E-state index in [-0.39, 0.29) is 23.2 Å². The molecule has 26 heavy (non-hydrogen) atoms. The predicted molar refractivity (Wildman–Crippen MR) is 89.6 cm³/mol. The van der Waals surface area contributed by atoms with Crippen LogP contribution in [-0.2, 0) is 14.8 Å². The van der Waals surface area contributed by atoms with Gasteiger partial charge in [-0.25, -0.2) is 22.3 Å². The van der Waals surface area contributed by atoms with Crippen LogP contribution in [0.5, 0.6) is 6.01 Å². The van der Waals surface area contributed by atoms with Crippen molar-refractivity contribution in [3.63, 3.8) is 0 Å². The highest BCUT2D eigenvalue weighted by atomic mass is 32.2. The van der Waals surface area contributed by atoms with Crippen LogP contribution in [0.1, 0.15) is 6.92 Å². The molecule has 11 nitrogen and oxygen atoms in total. The van der Waals surface area contributed by atoms with Crippen molar-refractivity contribution in [2.45, 2.75) is 11.8 Å². The molecule has 138 valence electrons. The van der Waals surface area contributed by atoms with Gasteiger partial charge in [0.2, 0.25) is 10.0 Å². The van der Waals surface area contributed by atoms with E-state index in [9.17, 15) is 18.0 Å². The van der Waals surface area contributed by atoms with E-state index in [1.165, 1.54) is 32.3 Å². The maximum absolute atomic E-state index is 12.3. The van der Waals surface area contributed by atoms with Gasteiger partial charge in [0.15, 0.2) is 5.65 Å². The molecule has 1 N–H and O–H groups in total. The quantitative estimate of drug-likeness (QED) is 0.640. The number of hydrogen-bond donors (Lipinski definition) is 1. The topological polar surface area (TPSA) is 136 Å². The molecule has 0 amide bonds. The van der Waals surface area contributed by atoms with Gasteiger partial charge in [-0.15, -0.1) is 5.10 Å². The first-order valence-corrected chi connectivity index (χ1v) is 8.88. The fourth-order valence-corrected chi connectivity index (χ4v) is 3.16. The van der Waals surface area contributed by atoms with E-state index in [1.807, 2.05) is 0 Å². The summed E-state index contributed by atoms with van der Waals surface area (Å²) in [4.78, 5) is 30.1. The molecule has 1 aromatic carbocycles. The van der Waals surface area contributed by atoms with Crippen molar-refractivity contribution < 1.29 is 22.7 Å². The smallest absolute Gasteiger partial charge is 0.434 e. The Morgan fingerprint density at radius 2 is 2.08 bits per heavy atom. The van der Waals surface area contributed by atoms with Gasteiger partial charge in [0.25, 0.3) is 0 Å². The lowest BCUT2D eigenvalue weighted by atomic mass is 10.2. The Balaban J connectivity index is 2.21. The van der Waals surface area contributed by atoms with Crippen molar-refractivity contribution in [3.8, 4) is 6.01 Å². The number of aromatic amines is 1. The summed E-state index contributed by atoms with van der Waals surface area (Å²) in [6, 6.07) is 3.80. The first-order chi connectivity index (χ1) is 12.2. The zero-order chi connectivity index (χ0) is 19.1. The van der Waals surface area contributed by atoms with Crippen LogP contribution < -0.4 is 10.4 Å². The van der Waals surface area contributed by atoms with Crippen LogP contribution in [0.15, 0.2) is 27.9 Å². The molecule has 3 rings (SSSR count). The molecule has 0 fully saturated rings. The zero-order valence-electron chi connectivity index (χ0n) is 14.1. The van der Waals surface area contributed by atoms with Crippen LogP contribution in [-0.4, -0.2) is 59.2 Å². The number of H-pyrrole nitrogens is 1. The van der Waals surface area contributed by atoms with Gasteiger partial charge in [-0.3, -0.25) is 0 Å². The lowest BCUT2D eigenvalue weighted by molar-refractivity contribution is 0.101. The molecule has 3 aromatic rings. The Labute approximate surface area is 147 Å². The highest BCUT2D eigenvalue weighted by Gasteiger charge is 2.20. The molecule has 0 atom stereocenters. The molecule has 0 aliphatic rings. The number of hydrogen-bond acceptors (Lipinski definition) is 8. The van der Waals surface area contributed by atoms with Crippen LogP contribution in [0.25, 0.3) is 16.6 Å². The van der Waals surface area contributed by atoms with Crippen LogP contribution in [0.3, 0.4) is 0 Å². The Morgan fingerprint density at radius 1 is 1.35 bits per heavy atom. The molecule has 0 spiro atoms. The molecule has 0 unspecified atom stereocenters. The second-order valence-electron chi connectivity index (χ2n) is 5.34. The van der Waals surface area contributed by atoms with E-state index < -0.39 is 21.9 Å². The van der Waals surface area contributed by atoms with Crippen molar-refractivity contribution in [2.24, 2.45) is 0 Å². The second kappa shape index (κ2) is 6.38. The third-order valence-corrected chi connectivity index (χ3v) is 5.28. The van der Waals surface area contributed by atoms with Gasteiger partial charge in [-0.1, -0.05) is 0 Å². The number of fused-ring (bicyclic) bond motifs is 3. The monoisotopic (exact) mass is 381 g/mol. The highest BCUT2D eigenvalue weighted by molar-refractivity contribution is 7.89. The van der Waals surface area contributed by atoms with Gasteiger partial charge in [0, 0.05) is 19.5 Å². The van der Waals surface area contributed by atoms with Gasteiger partial charge in [-0.2, -0.15) is 9.50 Å². The Bertz CT molecular complexity index is 1160. The van der Waals surface area contributed by atoms with E-state index in [2.05, 4.69) is 19.8 Å². The van der Waals surface area contributed by atoms with Crippen molar-refractivity contribution in [1.29, 1.82) is 0 Å². The Kier molecular flexibility index (Phi) is 4.38. The molecular formula is C14H15N5O6S. The summed E-state index contributed by atoms with van der Waals surface area (Å²) in [7, 11) is -0.874. The third kappa shape index (κ3) is 2.99. The van der Waals surface area contributed by atoms with Crippen molar-refractivity contribution in [2.75, 3.05) is 20.7 Å². The van der Waals surface area contributed by atoms with Crippen molar-refractivity contribution in [3.05, 3.63) is 28.7 Å². The molecule has 0 saturated heterocycles. The number of benzene rings is 1. The van der Waals surface area contributed by atoms with E-state index in [1.54, 1.807) is 6.92 Å². The van der Waals surface area contributed by atoms with Gasteiger partial charge < -0.3 is 14.5 Å². The number of nitrogens with zero attached hydrogens (tertiary/aromatic N) is 4. The maximum atomic E-state index is 12.3. The number of ether oxygens (including phenoxy) is 2. The van der Waals surface area contributed by atoms with E-state index in [4.69, 9.17) is 4.74 Å². The molecule has 0 saturated carbocycles. The molecule has 0 radical (unpaired) electrons. The van der Waals surface area contributed by atoms with E-state index in [0.717, 1.165) is 8.82 Å². The molecule has 0 aliphatic heterocycles.